The molecule has 1 aromatic rings. The third-order valence-corrected chi connectivity index (χ3v) is 3.28. The summed E-state index contributed by atoms with van der Waals surface area (Å²) in [7, 11) is 0. The van der Waals surface area contributed by atoms with Crippen molar-refractivity contribution in [3.8, 4) is 0 Å². The minimum Gasteiger partial charge on any atom is -0.457 e. The van der Waals surface area contributed by atoms with Gasteiger partial charge in [0.05, 0.1) is 5.75 Å². The first kappa shape index (κ1) is 13.1. The van der Waals surface area contributed by atoms with Crippen molar-refractivity contribution >= 4 is 17.7 Å². The summed E-state index contributed by atoms with van der Waals surface area (Å²) in [6, 6.07) is 9.79. The van der Waals surface area contributed by atoms with E-state index in [1.165, 1.54) is 0 Å². The molecule has 0 radical (unpaired) electrons. The number of hydrogen-bond acceptors (Lipinski definition) is 3. The van der Waals surface area contributed by atoms with Gasteiger partial charge in [0, 0.05) is 0 Å². The van der Waals surface area contributed by atoms with E-state index in [0.717, 1.165) is 17.7 Å². The summed E-state index contributed by atoms with van der Waals surface area (Å²) in [6.45, 7) is 4.00. The highest BCUT2D eigenvalue weighted by molar-refractivity contribution is 7.99. The van der Waals surface area contributed by atoms with Crippen LogP contribution in [0.2, 0.25) is 0 Å². The molecule has 2 nitrogen and oxygen atoms in total. The van der Waals surface area contributed by atoms with Gasteiger partial charge in [0.15, 0.2) is 0 Å². The van der Waals surface area contributed by atoms with E-state index in [4.69, 9.17) is 4.74 Å². The Bertz CT molecular complexity index is 311. The molecule has 1 aromatic carbocycles. The molecule has 0 bridgehead atoms. The highest BCUT2D eigenvalue weighted by atomic mass is 32.2. The number of esters is 1. The molecule has 0 heterocycles. The number of benzene rings is 1. The molecule has 1 unspecified atom stereocenters. The second-order valence-corrected chi connectivity index (χ2v) is 4.70. The first-order valence-electron chi connectivity index (χ1n) is 5.56. The van der Waals surface area contributed by atoms with Gasteiger partial charge < -0.3 is 4.74 Å². The van der Waals surface area contributed by atoms with Crippen molar-refractivity contribution in [3.63, 3.8) is 0 Å². The molecule has 0 amide bonds. The highest BCUT2D eigenvalue weighted by Gasteiger charge is 2.10. The molecule has 3 heteroatoms. The Morgan fingerprint density at radius 1 is 1.38 bits per heavy atom. The molecule has 0 saturated heterocycles. The summed E-state index contributed by atoms with van der Waals surface area (Å²) in [5, 5.41) is 0. The third kappa shape index (κ3) is 4.71. The maximum Gasteiger partial charge on any atom is 0.316 e. The van der Waals surface area contributed by atoms with E-state index < -0.39 is 0 Å². The lowest BCUT2D eigenvalue weighted by Gasteiger charge is -2.13. The van der Waals surface area contributed by atoms with Crippen LogP contribution in [-0.2, 0) is 9.53 Å². The van der Waals surface area contributed by atoms with Crippen molar-refractivity contribution < 1.29 is 9.53 Å². The molecule has 0 saturated carbocycles. The van der Waals surface area contributed by atoms with Crippen LogP contribution in [0.25, 0.3) is 0 Å². The number of hydrogen-bond donors (Lipinski definition) is 0. The summed E-state index contributed by atoms with van der Waals surface area (Å²) in [5.41, 5.74) is 1.04. The second-order valence-electron chi connectivity index (χ2n) is 3.60. The van der Waals surface area contributed by atoms with Gasteiger partial charge >= 0.3 is 5.97 Å². The lowest BCUT2D eigenvalue weighted by atomic mass is 10.1. The molecule has 1 atom stereocenters. The van der Waals surface area contributed by atoms with Gasteiger partial charge in [-0.05, 0) is 24.7 Å². The van der Waals surface area contributed by atoms with E-state index in [9.17, 15) is 4.79 Å². The lowest BCUT2D eigenvalue weighted by molar-refractivity contribution is -0.145. The van der Waals surface area contributed by atoms with E-state index in [2.05, 4.69) is 6.92 Å². The fourth-order valence-electron chi connectivity index (χ4n) is 1.32. The molecule has 0 spiro atoms. The van der Waals surface area contributed by atoms with Crippen molar-refractivity contribution in [2.24, 2.45) is 0 Å². The van der Waals surface area contributed by atoms with Crippen LogP contribution >= 0.6 is 11.8 Å². The predicted octanol–water partition coefficient (Wildman–Crippen LogP) is 3.43. The van der Waals surface area contributed by atoms with Gasteiger partial charge in [-0.25, -0.2) is 0 Å². The van der Waals surface area contributed by atoms with E-state index in [-0.39, 0.29) is 12.1 Å². The third-order valence-electron chi connectivity index (χ3n) is 2.15. The summed E-state index contributed by atoms with van der Waals surface area (Å²) >= 11 is 1.62. The first-order valence-corrected chi connectivity index (χ1v) is 6.71. The number of carbonyl (C=O) groups is 1. The van der Waals surface area contributed by atoms with Crippen LogP contribution in [0.1, 0.15) is 31.9 Å². The zero-order valence-corrected chi connectivity index (χ0v) is 10.6. The van der Waals surface area contributed by atoms with Crippen LogP contribution in [0.5, 0.6) is 0 Å². The minimum absolute atomic E-state index is 0.130. The average molecular weight is 238 g/mol. The Morgan fingerprint density at radius 2 is 2.06 bits per heavy atom. The van der Waals surface area contributed by atoms with Crippen LogP contribution in [0.4, 0.5) is 0 Å². The summed E-state index contributed by atoms with van der Waals surface area (Å²) in [6.07, 6.45) is 0.933. The average Bonchev–Trinajstić information content (AvgIpc) is 2.30. The summed E-state index contributed by atoms with van der Waals surface area (Å²) in [5.74, 6) is 1.33. The fourth-order valence-corrected chi connectivity index (χ4v) is 1.99. The van der Waals surface area contributed by atoms with Gasteiger partial charge in [0.1, 0.15) is 6.10 Å². The molecule has 0 aliphatic rings. The van der Waals surface area contributed by atoms with Crippen LogP contribution in [0.3, 0.4) is 0 Å². The van der Waals surface area contributed by atoms with E-state index in [1.54, 1.807) is 11.8 Å². The molecule has 0 aliphatic heterocycles. The second kappa shape index (κ2) is 7.34. The van der Waals surface area contributed by atoms with Crippen molar-refractivity contribution in [2.45, 2.75) is 26.4 Å². The molecular weight excluding hydrogens is 220 g/mol. The van der Waals surface area contributed by atoms with Crippen molar-refractivity contribution in [2.75, 3.05) is 11.5 Å². The van der Waals surface area contributed by atoms with E-state index in [1.807, 2.05) is 37.3 Å². The van der Waals surface area contributed by atoms with Gasteiger partial charge in [0.25, 0.3) is 0 Å². The number of rotatable bonds is 6. The summed E-state index contributed by atoms with van der Waals surface area (Å²) < 4.78 is 5.32. The number of carbonyl (C=O) groups excluding carboxylic acids is 1. The summed E-state index contributed by atoms with van der Waals surface area (Å²) in [4.78, 5) is 11.5. The Morgan fingerprint density at radius 3 is 2.69 bits per heavy atom. The van der Waals surface area contributed by atoms with Gasteiger partial charge in [-0.2, -0.15) is 11.8 Å². The molecular formula is C13H18O2S. The first-order chi connectivity index (χ1) is 7.74. The SMILES string of the molecule is CCCSCC(=O)OC(C)c1ccccc1. The fraction of sp³-hybridized carbons (Fsp3) is 0.462. The topological polar surface area (TPSA) is 26.3 Å². The van der Waals surface area contributed by atoms with E-state index >= 15 is 0 Å². The maximum atomic E-state index is 11.5. The van der Waals surface area contributed by atoms with Crippen LogP contribution < -0.4 is 0 Å². The molecule has 1 rings (SSSR count). The smallest absolute Gasteiger partial charge is 0.316 e. The van der Waals surface area contributed by atoms with Gasteiger partial charge in [-0.15, -0.1) is 0 Å². The molecule has 0 aliphatic carbocycles. The molecule has 16 heavy (non-hydrogen) atoms. The Kier molecular flexibility index (Phi) is 6.01. The lowest BCUT2D eigenvalue weighted by Crippen LogP contribution is -2.11. The monoisotopic (exact) mass is 238 g/mol. The highest BCUT2D eigenvalue weighted by Crippen LogP contribution is 2.17. The molecule has 0 aromatic heterocycles. The van der Waals surface area contributed by atoms with E-state index in [0.29, 0.717) is 5.75 Å². The molecule has 88 valence electrons. The molecule has 0 fully saturated rings. The Balaban J connectivity index is 2.34. The maximum absolute atomic E-state index is 11.5. The van der Waals surface area contributed by atoms with Crippen molar-refractivity contribution in [1.29, 1.82) is 0 Å². The quantitative estimate of drug-likeness (QED) is 0.561. The largest absolute Gasteiger partial charge is 0.457 e. The van der Waals surface area contributed by atoms with Gasteiger partial charge in [-0.3, -0.25) is 4.79 Å². The van der Waals surface area contributed by atoms with Crippen molar-refractivity contribution in [3.05, 3.63) is 35.9 Å². The van der Waals surface area contributed by atoms with Gasteiger partial charge in [0.2, 0.25) is 0 Å². The normalized spacial score (nSPS) is 12.1. The number of thioether (sulfide) groups is 1. The zero-order chi connectivity index (χ0) is 11.8. The van der Waals surface area contributed by atoms with Crippen LogP contribution in [0, 0.1) is 0 Å². The van der Waals surface area contributed by atoms with Crippen molar-refractivity contribution in [1.82, 2.24) is 0 Å². The Hall–Kier alpha value is -0.960. The standard InChI is InChI=1S/C13H18O2S/c1-3-9-16-10-13(14)15-11(2)12-7-5-4-6-8-12/h4-8,11H,3,9-10H2,1-2H3. The predicted molar refractivity (Wildman–Crippen MR) is 68.6 cm³/mol. The van der Waals surface area contributed by atoms with Crippen LogP contribution in [-0.4, -0.2) is 17.5 Å². The zero-order valence-electron chi connectivity index (χ0n) is 9.81. The minimum atomic E-state index is -0.157. The molecule has 0 N–H and O–H groups in total. The van der Waals surface area contributed by atoms with Crippen LogP contribution in [0.15, 0.2) is 30.3 Å². The number of ether oxygens (including phenoxy) is 1. The van der Waals surface area contributed by atoms with Gasteiger partial charge in [-0.1, -0.05) is 37.3 Å². The Labute approximate surface area is 101 Å².